The van der Waals surface area contributed by atoms with Crippen molar-refractivity contribution in [1.29, 1.82) is 0 Å². The fourth-order valence-electron chi connectivity index (χ4n) is 2.94. The van der Waals surface area contributed by atoms with Crippen LogP contribution in [0.2, 0.25) is 0 Å². The fraction of sp³-hybridized carbons (Fsp3) is 0.500. The van der Waals surface area contributed by atoms with Gasteiger partial charge in [0.1, 0.15) is 0 Å². The molecule has 26 heavy (non-hydrogen) atoms. The molecular weight excluding hydrogens is 358 g/mol. The topological polar surface area (TPSA) is 106 Å². The molecule has 2 heterocycles. The first kappa shape index (κ1) is 18.6. The Labute approximate surface area is 152 Å². The maximum Gasteiger partial charge on any atom is 0.322 e. The molecule has 1 aromatic heterocycles. The molecule has 142 valence electrons. The van der Waals surface area contributed by atoms with Crippen molar-refractivity contribution in [3.05, 3.63) is 23.9 Å². The van der Waals surface area contributed by atoms with Crippen LogP contribution in [0.1, 0.15) is 5.69 Å². The Balaban J connectivity index is 1.72. The number of nitrogens with one attached hydrogen (secondary N) is 2. The second-order valence-electron chi connectivity index (χ2n) is 6.41. The van der Waals surface area contributed by atoms with E-state index in [-0.39, 0.29) is 25.2 Å². The van der Waals surface area contributed by atoms with E-state index in [0.29, 0.717) is 18.8 Å². The molecule has 0 aliphatic carbocycles. The Morgan fingerprint density at radius 3 is 2.92 bits per heavy atom. The minimum atomic E-state index is -3.33. The largest absolute Gasteiger partial charge is 0.377 e. The molecule has 1 saturated heterocycles. The molecule has 0 saturated carbocycles. The van der Waals surface area contributed by atoms with Crippen molar-refractivity contribution in [2.75, 3.05) is 37.9 Å². The van der Waals surface area contributed by atoms with E-state index in [1.165, 1.54) is 0 Å². The molecular formula is C16H23N5O4S. The number of anilines is 1. The molecule has 0 spiro atoms. The van der Waals surface area contributed by atoms with Crippen LogP contribution < -0.4 is 10.0 Å². The Bertz CT molecular complexity index is 924. The first-order valence-electron chi connectivity index (χ1n) is 8.28. The van der Waals surface area contributed by atoms with Crippen molar-refractivity contribution < 1.29 is 17.9 Å². The summed E-state index contributed by atoms with van der Waals surface area (Å²) in [4.78, 5) is 14.3. The third kappa shape index (κ3) is 4.14. The lowest BCUT2D eigenvalue weighted by Gasteiger charge is -2.35. The first-order chi connectivity index (χ1) is 12.2. The summed E-state index contributed by atoms with van der Waals surface area (Å²) in [5.41, 5.74) is 2.50. The number of carbonyl (C=O) groups is 1. The van der Waals surface area contributed by atoms with Gasteiger partial charge in [-0.2, -0.15) is 5.10 Å². The van der Waals surface area contributed by atoms with E-state index in [4.69, 9.17) is 4.74 Å². The molecule has 3 rings (SSSR count). The highest BCUT2D eigenvalue weighted by molar-refractivity contribution is 7.88. The number of carbonyl (C=O) groups excluding carboxylic acids is 1. The highest BCUT2D eigenvalue weighted by atomic mass is 32.2. The molecule has 0 bridgehead atoms. The van der Waals surface area contributed by atoms with E-state index in [1.54, 1.807) is 9.58 Å². The van der Waals surface area contributed by atoms with Gasteiger partial charge >= 0.3 is 6.03 Å². The fourth-order valence-corrected chi connectivity index (χ4v) is 3.44. The van der Waals surface area contributed by atoms with Gasteiger partial charge in [-0.1, -0.05) is 0 Å². The first-order valence-corrected chi connectivity index (χ1v) is 10.2. The lowest BCUT2D eigenvalue weighted by molar-refractivity contribution is 0.0176. The molecule has 0 radical (unpaired) electrons. The number of aromatic nitrogens is 2. The van der Waals surface area contributed by atoms with Crippen LogP contribution in [0.4, 0.5) is 10.5 Å². The monoisotopic (exact) mass is 381 g/mol. The lowest BCUT2D eigenvalue weighted by Crippen LogP contribution is -2.54. The van der Waals surface area contributed by atoms with Gasteiger partial charge in [-0.15, -0.1) is 0 Å². The average Bonchev–Trinajstić information content (AvgIpc) is 2.86. The number of amides is 2. The summed E-state index contributed by atoms with van der Waals surface area (Å²) >= 11 is 0. The number of aryl methyl sites for hydroxylation is 2. The number of hydrogen-bond donors (Lipinski definition) is 2. The molecule has 2 N–H and O–H groups in total. The molecule has 1 unspecified atom stereocenters. The van der Waals surface area contributed by atoms with Crippen molar-refractivity contribution in [2.24, 2.45) is 7.05 Å². The number of nitrogens with zero attached hydrogens (tertiary/aromatic N) is 3. The number of fused-ring (bicyclic) bond motifs is 1. The number of rotatable bonds is 4. The minimum absolute atomic E-state index is 0.116. The summed E-state index contributed by atoms with van der Waals surface area (Å²) in [5, 5.41) is 8.32. The Kier molecular flexibility index (Phi) is 5.17. The van der Waals surface area contributed by atoms with Gasteiger partial charge in [-0.05, 0) is 25.1 Å². The van der Waals surface area contributed by atoms with Gasteiger partial charge in [0.25, 0.3) is 0 Å². The summed E-state index contributed by atoms with van der Waals surface area (Å²) < 4.78 is 32.2. The summed E-state index contributed by atoms with van der Waals surface area (Å²) in [6.07, 6.45) is 1.09. The Hall–Kier alpha value is -2.17. The standard InChI is InChI=1S/C16H23N5O4S/c1-11-14-5-4-12(8-15(14)19-20(11)2)18-16(22)21-6-7-25-10-13(21)9-17-26(3,23)24/h4-5,8,13,17H,6-7,9-10H2,1-3H3,(H,18,22). The van der Waals surface area contributed by atoms with Gasteiger partial charge < -0.3 is 15.0 Å². The van der Waals surface area contributed by atoms with Crippen molar-refractivity contribution in [3.63, 3.8) is 0 Å². The zero-order valence-electron chi connectivity index (χ0n) is 15.0. The van der Waals surface area contributed by atoms with E-state index >= 15 is 0 Å². The minimum Gasteiger partial charge on any atom is -0.377 e. The normalized spacial score (nSPS) is 18.3. The Morgan fingerprint density at radius 1 is 1.42 bits per heavy atom. The van der Waals surface area contributed by atoms with E-state index in [0.717, 1.165) is 22.9 Å². The summed E-state index contributed by atoms with van der Waals surface area (Å²) in [6.45, 7) is 3.20. The number of morpholine rings is 1. The van der Waals surface area contributed by atoms with Crippen LogP contribution in [-0.2, 0) is 21.8 Å². The van der Waals surface area contributed by atoms with Crippen molar-refractivity contribution >= 4 is 32.6 Å². The molecule has 2 aromatic rings. The van der Waals surface area contributed by atoms with Gasteiger partial charge in [0.15, 0.2) is 0 Å². The molecule has 1 atom stereocenters. The van der Waals surface area contributed by atoms with Crippen LogP contribution in [0.5, 0.6) is 0 Å². The third-order valence-electron chi connectivity index (χ3n) is 4.45. The molecule has 10 heteroatoms. The van der Waals surface area contributed by atoms with E-state index in [9.17, 15) is 13.2 Å². The number of ether oxygens (including phenoxy) is 1. The van der Waals surface area contributed by atoms with Crippen LogP contribution in [-0.4, -0.2) is 67.7 Å². The summed E-state index contributed by atoms with van der Waals surface area (Å²) in [6, 6.07) is 4.93. The third-order valence-corrected chi connectivity index (χ3v) is 5.14. The number of sulfonamides is 1. The second-order valence-corrected chi connectivity index (χ2v) is 8.25. The molecule has 1 fully saturated rings. The van der Waals surface area contributed by atoms with Crippen molar-refractivity contribution in [2.45, 2.75) is 13.0 Å². The zero-order chi connectivity index (χ0) is 18.9. The number of urea groups is 1. The van der Waals surface area contributed by atoms with E-state index in [2.05, 4.69) is 15.1 Å². The average molecular weight is 381 g/mol. The number of hydrogen-bond acceptors (Lipinski definition) is 5. The zero-order valence-corrected chi connectivity index (χ0v) is 15.8. The predicted octanol–water partition coefficient (Wildman–Crippen LogP) is 0.664. The maximum atomic E-state index is 12.7. The van der Waals surface area contributed by atoms with Crippen LogP contribution in [0.25, 0.3) is 10.9 Å². The van der Waals surface area contributed by atoms with Crippen molar-refractivity contribution in [1.82, 2.24) is 19.4 Å². The van der Waals surface area contributed by atoms with E-state index < -0.39 is 10.0 Å². The quantitative estimate of drug-likeness (QED) is 0.810. The molecule has 1 aliphatic rings. The highest BCUT2D eigenvalue weighted by Gasteiger charge is 2.28. The summed E-state index contributed by atoms with van der Waals surface area (Å²) in [5.74, 6) is 0. The van der Waals surface area contributed by atoms with Gasteiger partial charge in [0, 0.05) is 36.9 Å². The molecule has 1 aromatic carbocycles. The van der Waals surface area contributed by atoms with Gasteiger partial charge in [0.2, 0.25) is 10.0 Å². The Morgan fingerprint density at radius 2 is 2.19 bits per heavy atom. The lowest BCUT2D eigenvalue weighted by atomic mass is 10.2. The molecule has 9 nitrogen and oxygen atoms in total. The van der Waals surface area contributed by atoms with Crippen LogP contribution in [0.3, 0.4) is 0 Å². The summed E-state index contributed by atoms with van der Waals surface area (Å²) in [7, 11) is -1.46. The second kappa shape index (κ2) is 7.22. The van der Waals surface area contributed by atoms with Gasteiger partial charge in [0.05, 0.1) is 31.0 Å². The molecule has 1 aliphatic heterocycles. The maximum absolute atomic E-state index is 12.7. The smallest absolute Gasteiger partial charge is 0.322 e. The predicted molar refractivity (Wildman–Crippen MR) is 98.6 cm³/mol. The highest BCUT2D eigenvalue weighted by Crippen LogP contribution is 2.21. The van der Waals surface area contributed by atoms with Crippen LogP contribution >= 0.6 is 0 Å². The van der Waals surface area contributed by atoms with Crippen LogP contribution in [0.15, 0.2) is 18.2 Å². The SMILES string of the molecule is Cc1c2ccc(NC(=O)N3CCOCC3CNS(C)(=O)=O)cc2nn1C. The van der Waals surface area contributed by atoms with E-state index in [1.807, 2.05) is 32.2 Å². The van der Waals surface area contributed by atoms with Gasteiger partial charge in [-0.25, -0.2) is 17.9 Å². The molecule has 2 amide bonds. The number of benzene rings is 1. The van der Waals surface area contributed by atoms with Crippen LogP contribution in [0, 0.1) is 6.92 Å². The van der Waals surface area contributed by atoms with Gasteiger partial charge in [-0.3, -0.25) is 4.68 Å². The van der Waals surface area contributed by atoms with Crippen molar-refractivity contribution in [3.8, 4) is 0 Å².